The molecule has 0 fully saturated rings. The Balaban J connectivity index is 2.39. The van der Waals surface area contributed by atoms with E-state index in [0.717, 1.165) is 19.4 Å². The molecule has 7 heteroatoms. The van der Waals surface area contributed by atoms with E-state index in [9.17, 15) is 4.79 Å². The summed E-state index contributed by atoms with van der Waals surface area (Å²) >= 11 is 11.4. The maximum Gasteiger partial charge on any atom is 0.254 e. The van der Waals surface area contributed by atoms with Crippen molar-refractivity contribution >= 4 is 29.1 Å². The Bertz CT molecular complexity index is 412. The van der Waals surface area contributed by atoms with Gasteiger partial charge >= 0.3 is 0 Å². The molecule has 0 spiro atoms. The molecule has 0 atom stereocenters. The van der Waals surface area contributed by atoms with Gasteiger partial charge in [-0.3, -0.25) is 4.79 Å². The largest absolute Gasteiger partial charge is 0.352 e. The number of hydrogen-bond acceptors (Lipinski definition) is 4. The van der Waals surface area contributed by atoms with E-state index in [2.05, 4.69) is 20.4 Å². The van der Waals surface area contributed by atoms with Crippen LogP contribution in [-0.2, 0) is 0 Å². The number of rotatable bonds is 6. The summed E-state index contributed by atoms with van der Waals surface area (Å²) in [4.78, 5) is 13.9. The lowest BCUT2D eigenvalue weighted by molar-refractivity contribution is 0.0952. The zero-order valence-electron chi connectivity index (χ0n) is 10.4. The lowest BCUT2D eigenvalue weighted by Gasteiger charge is -2.09. The Labute approximate surface area is 116 Å². The van der Waals surface area contributed by atoms with E-state index < -0.39 is 0 Å². The molecule has 18 heavy (non-hydrogen) atoms. The van der Waals surface area contributed by atoms with Crippen LogP contribution in [0.5, 0.6) is 0 Å². The summed E-state index contributed by atoms with van der Waals surface area (Å²) in [5, 5.41) is 10.1. The van der Waals surface area contributed by atoms with Crippen molar-refractivity contribution < 1.29 is 4.79 Å². The molecule has 1 amide bonds. The Morgan fingerprint density at radius 2 is 2.06 bits per heavy atom. The minimum Gasteiger partial charge on any atom is -0.352 e. The second kappa shape index (κ2) is 7.51. The predicted molar refractivity (Wildman–Crippen MR) is 72.2 cm³/mol. The molecule has 0 aliphatic rings. The number of nitrogens with zero attached hydrogens (tertiary/aromatic N) is 3. The summed E-state index contributed by atoms with van der Waals surface area (Å²) in [6.45, 7) is 1.60. The summed E-state index contributed by atoms with van der Waals surface area (Å²) in [5.41, 5.74) is 0.254. The fourth-order valence-electron chi connectivity index (χ4n) is 1.36. The van der Waals surface area contributed by atoms with Crippen LogP contribution in [0.2, 0.25) is 10.3 Å². The summed E-state index contributed by atoms with van der Waals surface area (Å²) in [6.07, 6.45) is 1.93. The normalized spacial score (nSPS) is 10.7. The number of carbonyl (C=O) groups excluding carboxylic acids is 1. The molecule has 0 aliphatic heterocycles. The molecule has 0 unspecified atom stereocenters. The molecule has 0 saturated heterocycles. The molecule has 0 radical (unpaired) electrons. The molecule has 1 aromatic heterocycles. The third kappa shape index (κ3) is 5.16. The van der Waals surface area contributed by atoms with Crippen LogP contribution < -0.4 is 5.32 Å². The third-order valence-electron chi connectivity index (χ3n) is 2.28. The average molecular weight is 291 g/mol. The fraction of sp³-hybridized carbons (Fsp3) is 0.545. The zero-order valence-corrected chi connectivity index (χ0v) is 11.9. The van der Waals surface area contributed by atoms with Gasteiger partial charge < -0.3 is 10.2 Å². The summed E-state index contributed by atoms with van der Waals surface area (Å²) < 4.78 is 0. The minimum atomic E-state index is -0.276. The average Bonchev–Trinajstić information content (AvgIpc) is 2.31. The van der Waals surface area contributed by atoms with Crippen molar-refractivity contribution in [2.75, 3.05) is 27.2 Å². The van der Waals surface area contributed by atoms with E-state index in [-0.39, 0.29) is 21.8 Å². The van der Waals surface area contributed by atoms with Gasteiger partial charge in [0.15, 0.2) is 10.3 Å². The van der Waals surface area contributed by atoms with E-state index in [0.29, 0.717) is 6.54 Å². The first-order valence-corrected chi connectivity index (χ1v) is 6.38. The zero-order chi connectivity index (χ0) is 13.5. The van der Waals surface area contributed by atoms with E-state index in [4.69, 9.17) is 23.2 Å². The van der Waals surface area contributed by atoms with Gasteiger partial charge in [0, 0.05) is 6.54 Å². The van der Waals surface area contributed by atoms with Crippen LogP contribution in [0.3, 0.4) is 0 Å². The second-order valence-corrected chi connectivity index (χ2v) is 4.88. The number of halogens is 2. The molecule has 0 bridgehead atoms. The van der Waals surface area contributed by atoms with Crippen LogP contribution in [0.1, 0.15) is 23.2 Å². The second-order valence-electron chi connectivity index (χ2n) is 4.14. The maximum absolute atomic E-state index is 11.8. The van der Waals surface area contributed by atoms with Crippen molar-refractivity contribution in [2.45, 2.75) is 12.8 Å². The van der Waals surface area contributed by atoms with Gasteiger partial charge in [-0.1, -0.05) is 23.2 Å². The minimum absolute atomic E-state index is 0.0604. The van der Waals surface area contributed by atoms with Crippen LogP contribution >= 0.6 is 23.2 Å². The van der Waals surface area contributed by atoms with Crippen LogP contribution in [-0.4, -0.2) is 48.2 Å². The first-order valence-electron chi connectivity index (χ1n) is 5.62. The molecule has 1 rings (SSSR count). The van der Waals surface area contributed by atoms with Crippen molar-refractivity contribution in [1.29, 1.82) is 0 Å². The van der Waals surface area contributed by atoms with E-state index in [1.54, 1.807) is 0 Å². The van der Waals surface area contributed by atoms with Crippen molar-refractivity contribution in [2.24, 2.45) is 0 Å². The highest BCUT2D eigenvalue weighted by Crippen LogP contribution is 2.14. The lowest BCUT2D eigenvalue weighted by atomic mass is 10.2. The first kappa shape index (κ1) is 15.1. The van der Waals surface area contributed by atoms with Crippen LogP contribution in [0, 0.1) is 0 Å². The Morgan fingerprint density at radius 3 is 2.72 bits per heavy atom. The highest BCUT2D eigenvalue weighted by Gasteiger charge is 2.12. The van der Waals surface area contributed by atoms with Crippen molar-refractivity contribution in [3.63, 3.8) is 0 Å². The van der Waals surface area contributed by atoms with Gasteiger partial charge in [0.2, 0.25) is 0 Å². The third-order valence-corrected chi connectivity index (χ3v) is 2.75. The SMILES string of the molecule is CN(C)CCCCNC(=O)c1cc(Cl)nnc1Cl. The molecule has 1 heterocycles. The molecule has 5 nitrogen and oxygen atoms in total. The summed E-state index contributed by atoms with van der Waals surface area (Å²) in [6, 6.07) is 1.41. The van der Waals surface area contributed by atoms with Crippen LogP contribution in [0.15, 0.2) is 6.07 Å². The highest BCUT2D eigenvalue weighted by atomic mass is 35.5. The molecular weight excluding hydrogens is 275 g/mol. The monoisotopic (exact) mass is 290 g/mol. The van der Waals surface area contributed by atoms with Crippen molar-refractivity contribution in [3.8, 4) is 0 Å². The van der Waals surface area contributed by atoms with Gasteiger partial charge in [-0.2, -0.15) is 0 Å². The molecule has 0 aliphatic carbocycles. The highest BCUT2D eigenvalue weighted by molar-refractivity contribution is 6.34. The molecule has 100 valence electrons. The van der Waals surface area contributed by atoms with E-state index in [1.165, 1.54) is 6.07 Å². The van der Waals surface area contributed by atoms with E-state index in [1.807, 2.05) is 14.1 Å². The molecule has 0 saturated carbocycles. The fourth-order valence-corrected chi connectivity index (χ4v) is 1.69. The quantitative estimate of drug-likeness (QED) is 0.813. The molecular formula is C11H16Cl2N4O. The van der Waals surface area contributed by atoms with Gasteiger partial charge in [-0.15, -0.1) is 10.2 Å². The topological polar surface area (TPSA) is 58.1 Å². The molecule has 0 aromatic carbocycles. The number of unbranched alkanes of at least 4 members (excludes halogenated alkanes) is 1. The summed E-state index contributed by atoms with van der Waals surface area (Å²) in [5.74, 6) is -0.276. The van der Waals surface area contributed by atoms with Crippen molar-refractivity contribution in [1.82, 2.24) is 20.4 Å². The lowest BCUT2D eigenvalue weighted by Crippen LogP contribution is -2.26. The summed E-state index contributed by atoms with van der Waals surface area (Å²) in [7, 11) is 4.03. The van der Waals surface area contributed by atoms with E-state index >= 15 is 0 Å². The number of amides is 1. The van der Waals surface area contributed by atoms with Gasteiger partial charge in [0.05, 0.1) is 5.56 Å². The Morgan fingerprint density at radius 1 is 1.33 bits per heavy atom. The van der Waals surface area contributed by atoms with Gasteiger partial charge in [0.1, 0.15) is 0 Å². The van der Waals surface area contributed by atoms with Crippen LogP contribution in [0.25, 0.3) is 0 Å². The Kier molecular flexibility index (Phi) is 6.32. The predicted octanol–water partition coefficient (Wildman–Crippen LogP) is 1.85. The Hall–Kier alpha value is -0.910. The van der Waals surface area contributed by atoms with Gasteiger partial charge in [-0.25, -0.2) is 0 Å². The first-order chi connectivity index (χ1) is 8.50. The smallest absolute Gasteiger partial charge is 0.254 e. The van der Waals surface area contributed by atoms with Gasteiger partial charge in [-0.05, 0) is 39.5 Å². The number of aromatic nitrogens is 2. The standard InChI is InChI=1S/C11H16Cl2N4O/c1-17(2)6-4-3-5-14-11(18)8-7-9(12)15-16-10(8)13/h7H,3-6H2,1-2H3,(H,14,18). The van der Waals surface area contributed by atoms with Gasteiger partial charge in [0.25, 0.3) is 5.91 Å². The van der Waals surface area contributed by atoms with Crippen LogP contribution in [0.4, 0.5) is 0 Å². The maximum atomic E-state index is 11.8. The number of carbonyl (C=O) groups is 1. The molecule has 1 aromatic rings. The number of hydrogen-bond donors (Lipinski definition) is 1. The number of nitrogens with one attached hydrogen (secondary N) is 1. The molecule has 1 N–H and O–H groups in total. The van der Waals surface area contributed by atoms with Crippen molar-refractivity contribution in [3.05, 3.63) is 21.9 Å².